The van der Waals surface area contributed by atoms with Crippen LogP contribution in [0.25, 0.3) is 0 Å². The second-order valence-corrected chi connectivity index (χ2v) is 30.6. The molecule has 2 rings (SSSR count). The van der Waals surface area contributed by atoms with Crippen molar-refractivity contribution >= 4 is 130 Å². The van der Waals surface area contributed by atoms with Crippen molar-refractivity contribution in [3.63, 3.8) is 0 Å². The second-order valence-electron chi connectivity index (χ2n) is 30.6. The van der Waals surface area contributed by atoms with Crippen LogP contribution in [0.1, 0.15) is 137 Å². The summed E-state index contributed by atoms with van der Waals surface area (Å²) in [5, 5.41) is 114. The van der Waals surface area contributed by atoms with E-state index < -0.39 is 317 Å². The molecule has 1 heterocycles. The number of guanidine groups is 1. The summed E-state index contributed by atoms with van der Waals surface area (Å²) in [5.41, 5.74) is 33.3. The molecule has 0 aliphatic heterocycles. The number of primary amides is 4. The Labute approximate surface area is 738 Å². The quantitative estimate of drug-likeness (QED) is 0.0166. The monoisotopic (exact) mass is 1830 g/mol. The molecule has 0 radical (unpaired) electrons. The number of carbonyl (C=O) groups excluding carboxylic acids is 19. The van der Waals surface area contributed by atoms with Crippen molar-refractivity contribution in [2.75, 3.05) is 32.9 Å². The fraction of sp³-hybridized carbons (Fsp3) is 0.592. The zero-order chi connectivity index (χ0) is 97.8. The Hall–Kier alpha value is -13.8. The average Bonchev–Trinajstić information content (AvgIpc) is 1.82. The molecule has 1 aromatic carbocycles. The Bertz CT molecular complexity index is 4230. The number of nitrogens with zero attached hydrogens (tertiary/aromatic N) is 1. The number of aromatic amines is 1. The molecule has 18 atom stereocenters. The van der Waals surface area contributed by atoms with Crippen molar-refractivity contribution in [2.24, 2.45) is 52.2 Å². The van der Waals surface area contributed by atoms with Crippen LogP contribution in [0, 0.1) is 23.2 Å². The lowest BCUT2D eigenvalue weighted by Crippen LogP contribution is -2.63. The molecule has 0 saturated carbocycles. The number of carboxylic acids is 2. The molecule has 0 bridgehead atoms. The van der Waals surface area contributed by atoms with E-state index in [1.165, 1.54) is 50.6 Å². The summed E-state index contributed by atoms with van der Waals surface area (Å²) in [6.07, 6.45) is -5.52. The zero-order valence-corrected chi connectivity index (χ0v) is 72.0. The van der Waals surface area contributed by atoms with E-state index in [9.17, 15) is 131 Å². The van der Waals surface area contributed by atoms with Gasteiger partial charge in [0.15, 0.2) is 5.96 Å². The molecule has 0 aliphatic carbocycles. The molecule has 2 aromatic rings. The summed E-state index contributed by atoms with van der Waals surface area (Å²) in [6.45, 7) is 5.96. The molecule has 0 unspecified atom stereocenters. The maximum absolute atomic E-state index is 14.6. The smallest absolute Gasteiger partial charge is 0.326 e. The third-order valence-corrected chi connectivity index (χ3v) is 19.5. The van der Waals surface area contributed by atoms with E-state index >= 15 is 0 Å². The van der Waals surface area contributed by atoms with Gasteiger partial charge in [-0.1, -0.05) is 66.5 Å². The van der Waals surface area contributed by atoms with Gasteiger partial charge in [0.2, 0.25) is 112 Å². The van der Waals surface area contributed by atoms with Crippen LogP contribution in [0.3, 0.4) is 0 Å². The average molecular weight is 1830 g/mol. The van der Waals surface area contributed by atoms with Gasteiger partial charge in [0.05, 0.1) is 64.1 Å². The van der Waals surface area contributed by atoms with Crippen LogP contribution in [-0.4, -0.2) is 305 Å². The number of aliphatic hydroxyl groups is 4. The Morgan fingerprint density at radius 3 is 1.24 bits per heavy atom. The summed E-state index contributed by atoms with van der Waals surface area (Å²) >= 11 is 0. The summed E-state index contributed by atoms with van der Waals surface area (Å²) in [5.74, 6) is -28.7. The third kappa shape index (κ3) is 41.0. The van der Waals surface area contributed by atoms with Gasteiger partial charge in [-0.05, 0) is 74.5 Å². The summed E-state index contributed by atoms with van der Waals surface area (Å²) < 4.78 is 0. The molecular formula is C76H121N25O28. The highest BCUT2D eigenvalue weighted by Gasteiger charge is 2.41. The van der Waals surface area contributed by atoms with Gasteiger partial charge >= 0.3 is 11.9 Å². The molecule has 0 spiro atoms. The van der Waals surface area contributed by atoms with Crippen LogP contribution < -0.4 is 119 Å². The number of hydrogen-bond donors (Lipinski definition) is 31. The number of rotatable bonds is 61. The maximum Gasteiger partial charge on any atom is 0.326 e. The molecule has 0 aliphatic rings. The van der Waals surface area contributed by atoms with E-state index in [4.69, 9.17) is 44.9 Å². The second kappa shape index (κ2) is 56.3. The van der Waals surface area contributed by atoms with Crippen LogP contribution >= 0.6 is 0 Å². The Morgan fingerprint density at radius 1 is 0.426 bits per heavy atom. The van der Waals surface area contributed by atoms with Gasteiger partial charge in [0, 0.05) is 44.1 Å². The number of imidazole rings is 1. The minimum atomic E-state index is -2.07. The number of nitrogens with one attached hydrogen (secondary N) is 18. The standard InChI is InChI=1S/C76H121N25O28/c1-8-34(5)58(100-73(126)59(35(6)9-2)99-68(121)48(26-55(81)110)93-63(116)41(16-18-52(78)107)89-69(122)50(30-103)98-71(124)49(29-102)96-61(114)40(77)11-10-20-85-76(82)83)72(125)95-45(23-38-27-84-32-87-38)66(119)97-51(31-104)70(123)92-46(24-53(79)108)62(115)86-28-56(111)88-47(25-54(80)109)67(120)101-60(36(7)105)74(127)94-44(22-37-12-14-39(106)15-13-37)65(118)91-43(21-33(3)4)64(117)90-42(75(128)129)17-19-57(112)113/h12-15,27,32-36,40-51,58-60,102-106H,8-11,16-26,28-31,77H2,1-7H3,(H2,78,107)(H2,79,108)(H2,80,109)(H2,81,110)(H,84,87)(H,86,115)(H,88,111)(H,89,122)(H,90,117)(H,91,118)(H,92,123)(H,93,116)(H,94,127)(H,95,125)(H,96,114)(H,97,119)(H,98,124)(H,99,121)(H,100,126)(H,101,120)(H,112,113)(H,128,129)(H4,82,83,85)/t34-,35-,36+,40-,41-,42-,43-,44-,45-,46-,47-,48-,49-,50-,51-,58-,59-,60-/m0/s1. The van der Waals surface area contributed by atoms with Crippen molar-refractivity contribution in [3.8, 4) is 5.75 Å². The van der Waals surface area contributed by atoms with Gasteiger partial charge in [0.1, 0.15) is 90.3 Å². The summed E-state index contributed by atoms with van der Waals surface area (Å²) in [4.78, 5) is 288. The third-order valence-electron chi connectivity index (χ3n) is 19.5. The Balaban J connectivity index is 2.42. The minimum absolute atomic E-state index is 0.0222. The van der Waals surface area contributed by atoms with Crippen LogP contribution in [0.15, 0.2) is 36.8 Å². The molecule has 0 fully saturated rings. The highest BCUT2D eigenvalue weighted by atomic mass is 16.4. The molecule has 53 heteroatoms. The number of amides is 19. The molecule has 1 aromatic heterocycles. The largest absolute Gasteiger partial charge is 0.508 e. The summed E-state index contributed by atoms with van der Waals surface area (Å²) in [7, 11) is 0. The predicted octanol–water partition coefficient (Wildman–Crippen LogP) is -13.3. The lowest BCUT2D eigenvalue weighted by atomic mass is 9.94. The number of aliphatic hydroxyl groups excluding tert-OH is 4. The molecular weight excluding hydrogens is 1710 g/mol. The topological polar surface area (TPSA) is 901 Å². The van der Waals surface area contributed by atoms with Gasteiger partial charge in [-0.3, -0.25) is 101 Å². The highest BCUT2D eigenvalue weighted by molar-refractivity contribution is 6.02. The van der Waals surface area contributed by atoms with Crippen LogP contribution in [0.4, 0.5) is 0 Å². The van der Waals surface area contributed by atoms with Crippen molar-refractivity contribution in [1.29, 1.82) is 5.41 Å². The van der Waals surface area contributed by atoms with Crippen LogP contribution in [-0.2, 0) is 114 Å². The van der Waals surface area contributed by atoms with Crippen molar-refractivity contribution in [1.82, 2.24) is 95.0 Å². The highest BCUT2D eigenvalue weighted by Crippen LogP contribution is 2.18. The van der Waals surface area contributed by atoms with E-state index in [2.05, 4.69) is 95.0 Å². The lowest BCUT2D eigenvalue weighted by Gasteiger charge is -2.31. The molecule has 19 amide bonds. The number of benzene rings is 1. The first kappa shape index (κ1) is 111. The van der Waals surface area contributed by atoms with Gasteiger partial charge in [-0.2, -0.15) is 0 Å². The number of aromatic nitrogens is 2. The SMILES string of the molecule is CC[C@H](C)[C@H](NC(=O)[C@H](CC(N)=O)NC(=O)[C@H](CCC(N)=O)NC(=O)[C@H](CO)NC(=O)[C@H](CO)NC(=O)[C@@H](N)CCCNC(=N)N)C(=O)N[C@H](C(=O)N[C@@H](Cc1cnc[nH]1)C(=O)N[C@@H](CO)C(=O)N[C@@H](CC(N)=O)C(=O)NCC(=O)N[C@@H](CC(N)=O)C(=O)N[C@H](C(=O)N[C@@H](Cc1ccc(O)cc1)C(=O)N[C@@H](CC(C)C)C(=O)N[C@@H](CCC(=O)O)C(=O)O)[C@@H](C)O)[C@@H](C)CC. The number of aliphatic carboxylic acids is 2. The van der Waals surface area contributed by atoms with E-state index in [0.29, 0.717) is 0 Å². The van der Waals surface area contributed by atoms with Crippen LogP contribution in [0.5, 0.6) is 5.75 Å². The number of carboxylic acid groups (broad SMARTS) is 2. The number of carbonyl (C=O) groups is 21. The molecule has 129 heavy (non-hydrogen) atoms. The van der Waals surface area contributed by atoms with E-state index in [1.807, 2.05) is 0 Å². The number of phenolic OH excluding ortho intramolecular Hbond substituents is 1. The van der Waals surface area contributed by atoms with Gasteiger partial charge in [-0.15, -0.1) is 0 Å². The molecule has 718 valence electrons. The fourth-order valence-electron chi connectivity index (χ4n) is 12.0. The fourth-order valence-corrected chi connectivity index (χ4v) is 12.0. The zero-order valence-electron chi connectivity index (χ0n) is 72.0. The van der Waals surface area contributed by atoms with Gasteiger partial charge in [-0.25, -0.2) is 9.78 Å². The normalized spacial score (nSPS) is 15.2. The van der Waals surface area contributed by atoms with Crippen molar-refractivity contribution < 1.29 is 136 Å². The van der Waals surface area contributed by atoms with Crippen LogP contribution in [0.2, 0.25) is 0 Å². The number of nitrogens with two attached hydrogens (primary N) is 6. The minimum Gasteiger partial charge on any atom is -0.508 e. The first-order valence-corrected chi connectivity index (χ1v) is 40.7. The number of phenols is 1. The van der Waals surface area contributed by atoms with Crippen molar-refractivity contribution in [2.45, 2.75) is 235 Å². The van der Waals surface area contributed by atoms with E-state index in [1.54, 1.807) is 27.7 Å². The maximum atomic E-state index is 14.6. The summed E-state index contributed by atoms with van der Waals surface area (Å²) in [6, 6.07) is -21.8. The number of H-pyrrole nitrogens is 1. The molecule has 37 N–H and O–H groups in total. The Morgan fingerprint density at radius 2 is 0.806 bits per heavy atom. The van der Waals surface area contributed by atoms with Gasteiger partial charge in [0.25, 0.3) is 0 Å². The van der Waals surface area contributed by atoms with Crippen molar-refractivity contribution in [3.05, 3.63) is 48.0 Å². The molecule has 53 nitrogen and oxygen atoms in total. The number of hydrogen-bond acceptors (Lipinski definition) is 29. The number of aromatic hydroxyl groups is 1. The van der Waals surface area contributed by atoms with E-state index in [0.717, 1.165) is 6.92 Å². The lowest BCUT2D eigenvalue weighted by molar-refractivity contribution is -0.144. The Kier molecular flexibility index (Phi) is 48.5. The first-order valence-electron chi connectivity index (χ1n) is 40.7. The van der Waals surface area contributed by atoms with Gasteiger partial charge < -0.3 is 160 Å². The molecule has 0 saturated heterocycles. The predicted molar refractivity (Wildman–Crippen MR) is 447 cm³/mol. The van der Waals surface area contributed by atoms with E-state index in [-0.39, 0.29) is 67.5 Å². The first-order chi connectivity index (χ1) is 60.5.